The third kappa shape index (κ3) is 4.23. The van der Waals surface area contributed by atoms with Gasteiger partial charge in [-0.25, -0.2) is 4.98 Å². The smallest absolute Gasteiger partial charge is 0.227 e. The van der Waals surface area contributed by atoms with E-state index >= 15 is 0 Å². The summed E-state index contributed by atoms with van der Waals surface area (Å²) in [6, 6.07) is 3.48. The molecule has 19 heavy (non-hydrogen) atoms. The first-order valence-corrected chi connectivity index (χ1v) is 7.17. The number of rotatable bonds is 4. The Hall–Kier alpha value is -1.58. The highest BCUT2D eigenvalue weighted by Crippen LogP contribution is 2.29. The molecule has 0 saturated heterocycles. The van der Waals surface area contributed by atoms with Crippen molar-refractivity contribution in [2.24, 2.45) is 11.8 Å². The summed E-state index contributed by atoms with van der Waals surface area (Å²) in [4.78, 5) is 16.1. The second kappa shape index (κ2) is 6.55. The fraction of sp³-hybridized carbons (Fsp3) is 0.600. The summed E-state index contributed by atoms with van der Waals surface area (Å²) in [5.74, 6) is 1.32. The largest absolute Gasteiger partial charge is 0.384 e. The van der Waals surface area contributed by atoms with Gasteiger partial charge in [-0.05, 0) is 24.5 Å². The summed E-state index contributed by atoms with van der Waals surface area (Å²) < 4.78 is 0. The second-order valence-corrected chi connectivity index (χ2v) is 5.60. The van der Waals surface area contributed by atoms with Crippen molar-refractivity contribution in [2.75, 3.05) is 11.1 Å². The molecule has 1 fully saturated rings. The van der Waals surface area contributed by atoms with Crippen molar-refractivity contribution in [2.45, 2.75) is 45.4 Å². The van der Waals surface area contributed by atoms with Crippen LogP contribution in [-0.2, 0) is 4.79 Å². The van der Waals surface area contributed by atoms with Gasteiger partial charge in [-0.1, -0.05) is 39.0 Å². The lowest BCUT2D eigenvalue weighted by atomic mass is 9.83. The highest BCUT2D eigenvalue weighted by atomic mass is 16.1. The van der Waals surface area contributed by atoms with Crippen LogP contribution in [0.15, 0.2) is 18.3 Å². The zero-order valence-electron chi connectivity index (χ0n) is 11.6. The number of nitrogen functional groups attached to an aromatic ring is 1. The lowest BCUT2D eigenvalue weighted by Crippen LogP contribution is -2.23. The van der Waals surface area contributed by atoms with E-state index in [1.807, 2.05) is 6.92 Å². The third-order valence-electron chi connectivity index (χ3n) is 3.91. The van der Waals surface area contributed by atoms with Gasteiger partial charge in [0.15, 0.2) is 0 Å². The molecule has 1 unspecified atom stereocenters. The summed E-state index contributed by atoms with van der Waals surface area (Å²) in [6.07, 6.45) is 9.15. The number of carbonyl (C=O) groups excluding carboxylic acids is 1. The number of nitrogens with one attached hydrogen (secondary N) is 1. The minimum Gasteiger partial charge on any atom is -0.384 e. The van der Waals surface area contributed by atoms with Crippen molar-refractivity contribution in [3.8, 4) is 0 Å². The molecule has 0 aromatic carbocycles. The number of pyridine rings is 1. The molecule has 2 rings (SSSR count). The summed E-state index contributed by atoms with van der Waals surface area (Å²) in [5, 5.41) is 2.90. The first-order valence-electron chi connectivity index (χ1n) is 7.17. The minimum atomic E-state index is 0.0562. The molecule has 0 aliphatic heterocycles. The van der Waals surface area contributed by atoms with E-state index in [0.29, 0.717) is 5.82 Å². The van der Waals surface area contributed by atoms with E-state index < -0.39 is 0 Å². The Labute approximate surface area is 114 Å². The second-order valence-electron chi connectivity index (χ2n) is 5.60. The number of aromatic nitrogens is 1. The quantitative estimate of drug-likeness (QED) is 0.874. The van der Waals surface area contributed by atoms with Gasteiger partial charge >= 0.3 is 0 Å². The lowest BCUT2D eigenvalue weighted by Gasteiger charge is -2.24. The summed E-state index contributed by atoms with van der Waals surface area (Å²) >= 11 is 0. The zero-order chi connectivity index (χ0) is 13.7. The molecule has 1 aliphatic rings. The van der Waals surface area contributed by atoms with Crippen molar-refractivity contribution in [3.63, 3.8) is 0 Å². The number of carbonyl (C=O) groups is 1. The van der Waals surface area contributed by atoms with Gasteiger partial charge in [-0.2, -0.15) is 0 Å². The molecule has 4 nitrogen and oxygen atoms in total. The summed E-state index contributed by atoms with van der Waals surface area (Å²) in [7, 11) is 0. The van der Waals surface area contributed by atoms with Crippen LogP contribution in [0, 0.1) is 11.8 Å². The lowest BCUT2D eigenvalue weighted by molar-refractivity contribution is -0.120. The van der Waals surface area contributed by atoms with Crippen molar-refractivity contribution >= 4 is 17.4 Å². The van der Waals surface area contributed by atoms with Gasteiger partial charge < -0.3 is 11.1 Å². The van der Waals surface area contributed by atoms with Gasteiger partial charge in [0.1, 0.15) is 5.82 Å². The van der Waals surface area contributed by atoms with Crippen LogP contribution in [0.5, 0.6) is 0 Å². The summed E-state index contributed by atoms with van der Waals surface area (Å²) in [5.41, 5.74) is 6.23. The van der Waals surface area contributed by atoms with Crippen molar-refractivity contribution in [1.29, 1.82) is 0 Å². The number of anilines is 2. The fourth-order valence-corrected chi connectivity index (χ4v) is 2.77. The van der Waals surface area contributed by atoms with Crippen LogP contribution in [0.4, 0.5) is 11.5 Å². The monoisotopic (exact) mass is 261 g/mol. The van der Waals surface area contributed by atoms with Crippen molar-refractivity contribution in [1.82, 2.24) is 4.98 Å². The van der Waals surface area contributed by atoms with Crippen molar-refractivity contribution < 1.29 is 4.79 Å². The maximum atomic E-state index is 12.1. The van der Waals surface area contributed by atoms with Crippen LogP contribution in [0.25, 0.3) is 0 Å². The average Bonchev–Trinajstić information content (AvgIpc) is 2.42. The van der Waals surface area contributed by atoms with Crippen LogP contribution in [-0.4, -0.2) is 10.9 Å². The van der Waals surface area contributed by atoms with Crippen molar-refractivity contribution in [3.05, 3.63) is 18.3 Å². The van der Waals surface area contributed by atoms with E-state index in [-0.39, 0.29) is 11.8 Å². The van der Waals surface area contributed by atoms with Crippen LogP contribution in [0.3, 0.4) is 0 Å². The maximum Gasteiger partial charge on any atom is 0.227 e. The van der Waals surface area contributed by atoms with Gasteiger partial charge in [0, 0.05) is 5.92 Å². The molecule has 1 amide bonds. The molecule has 1 heterocycles. The first-order chi connectivity index (χ1) is 9.15. The fourth-order valence-electron chi connectivity index (χ4n) is 2.77. The molecule has 0 spiro atoms. The molecular formula is C15H23N3O. The van der Waals surface area contributed by atoms with Crippen LogP contribution < -0.4 is 11.1 Å². The Balaban J connectivity index is 1.83. The van der Waals surface area contributed by atoms with E-state index in [1.165, 1.54) is 32.1 Å². The molecule has 1 atom stereocenters. The molecule has 1 saturated carbocycles. The topological polar surface area (TPSA) is 68.0 Å². The molecule has 3 N–H and O–H groups in total. The maximum absolute atomic E-state index is 12.1. The van der Waals surface area contributed by atoms with E-state index in [9.17, 15) is 4.79 Å². The zero-order valence-corrected chi connectivity index (χ0v) is 11.6. The number of hydrogen-bond donors (Lipinski definition) is 2. The Morgan fingerprint density at radius 3 is 2.79 bits per heavy atom. The van der Waals surface area contributed by atoms with Gasteiger partial charge in [-0.15, -0.1) is 0 Å². The number of hydrogen-bond acceptors (Lipinski definition) is 3. The van der Waals surface area contributed by atoms with Crippen LogP contribution in [0.1, 0.15) is 45.4 Å². The molecule has 4 heteroatoms. The Morgan fingerprint density at radius 1 is 1.42 bits per heavy atom. The first kappa shape index (κ1) is 13.8. The van der Waals surface area contributed by atoms with Gasteiger partial charge in [-0.3, -0.25) is 4.79 Å². The highest BCUT2D eigenvalue weighted by molar-refractivity contribution is 5.92. The molecular weight excluding hydrogens is 238 g/mol. The van der Waals surface area contributed by atoms with E-state index in [2.05, 4.69) is 10.3 Å². The standard InChI is InChI=1S/C15H23N3O/c1-11(9-12-5-3-2-4-6-12)15(19)18-13-7-8-14(16)17-10-13/h7-8,10-12H,2-6,9H2,1H3,(H2,16,17)(H,18,19). The molecule has 1 aromatic heterocycles. The van der Waals surface area contributed by atoms with Gasteiger partial charge in [0.25, 0.3) is 0 Å². The average molecular weight is 261 g/mol. The Bertz CT molecular complexity index is 410. The third-order valence-corrected chi connectivity index (χ3v) is 3.91. The normalized spacial score (nSPS) is 17.9. The predicted molar refractivity (Wildman–Crippen MR) is 77.6 cm³/mol. The number of nitrogens with zero attached hydrogens (tertiary/aromatic N) is 1. The molecule has 1 aromatic rings. The van der Waals surface area contributed by atoms with E-state index in [4.69, 9.17) is 5.73 Å². The predicted octanol–water partition coefficient (Wildman–Crippen LogP) is 3.21. The van der Waals surface area contributed by atoms with Crippen LogP contribution >= 0.6 is 0 Å². The Kier molecular flexibility index (Phi) is 4.77. The highest BCUT2D eigenvalue weighted by Gasteiger charge is 2.20. The van der Waals surface area contributed by atoms with E-state index in [1.54, 1.807) is 18.3 Å². The number of nitrogens with two attached hydrogens (primary N) is 1. The Morgan fingerprint density at radius 2 is 2.16 bits per heavy atom. The SMILES string of the molecule is CC(CC1CCCCC1)C(=O)Nc1ccc(N)nc1. The van der Waals surface area contributed by atoms with Gasteiger partial charge in [0.2, 0.25) is 5.91 Å². The molecule has 0 bridgehead atoms. The molecule has 104 valence electrons. The van der Waals surface area contributed by atoms with E-state index in [0.717, 1.165) is 18.0 Å². The molecule has 0 radical (unpaired) electrons. The number of amides is 1. The van der Waals surface area contributed by atoms with Gasteiger partial charge in [0.05, 0.1) is 11.9 Å². The molecule has 1 aliphatic carbocycles. The summed E-state index contributed by atoms with van der Waals surface area (Å²) in [6.45, 7) is 2.01. The van der Waals surface area contributed by atoms with Crippen LogP contribution in [0.2, 0.25) is 0 Å². The minimum absolute atomic E-state index is 0.0562.